The zero-order valence-electron chi connectivity index (χ0n) is 32.2. The predicted octanol–water partition coefficient (Wildman–Crippen LogP) is 7.16. The minimum Gasteiger partial charge on any atom is -0.356 e. The van der Waals surface area contributed by atoms with Crippen LogP contribution in [0.15, 0.2) is 48.5 Å². The molecule has 5 amide bonds. The van der Waals surface area contributed by atoms with Crippen LogP contribution in [-0.4, -0.2) is 72.6 Å². The predicted molar refractivity (Wildman–Crippen MR) is 212 cm³/mol. The van der Waals surface area contributed by atoms with Crippen LogP contribution in [-0.2, 0) is 4.79 Å². The van der Waals surface area contributed by atoms with Gasteiger partial charge in [0.15, 0.2) is 0 Å². The van der Waals surface area contributed by atoms with Crippen molar-refractivity contribution in [3.63, 3.8) is 0 Å². The average Bonchev–Trinajstić information content (AvgIpc) is 3.95. The van der Waals surface area contributed by atoms with Gasteiger partial charge in [-0.2, -0.15) is 0 Å². The number of fused-ring (bicyclic) bond motifs is 10. The minimum absolute atomic E-state index is 0.0894. The van der Waals surface area contributed by atoms with Crippen LogP contribution >= 0.6 is 0 Å². The van der Waals surface area contributed by atoms with Gasteiger partial charge in [-0.05, 0) is 143 Å². The van der Waals surface area contributed by atoms with Crippen LogP contribution in [0.4, 0.5) is 9.59 Å². The number of benzene rings is 2. The fourth-order valence-electron chi connectivity index (χ4n) is 11.1. The van der Waals surface area contributed by atoms with Gasteiger partial charge in [-0.25, -0.2) is 9.59 Å². The molecule has 54 heavy (non-hydrogen) atoms. The van der Waals surface area contributed by atoms with Crippen molar-refractivity contribution in [2.75, 3.05) is 32.7 Å². The van der Waals surface area contributed by atoms with Crippen LogP contribution in [0.5, 0.6) is 0 Å². The molecule has 2 aliphatic carbocycles. The van der Waals surface area contributed by atoms with Gasteiger partial charge in [0.2, 0.25) is 5.91 Å². The van der Waals surface area contributed by atoms with Gasteiger partial charge in [0.25, 0.3) is 0 Å². The lowest BCUT2D eigenvalue weighted by Crippen LogP contribution is -2.45. The van der Waals surface area contributed by atoms with E-state index in [-0.39, 0.29) is 36.5 Å². The van der Waals surface area contributed by atoms with Crippen LogP contribution in [0.3, 0.4) is 0 Å². The topological polar surface area (TPSA) is 118 Å². The standard InChI is InChI=1S/C44H63N7O3/c52-42(22-27-47-44(54)49-33-16-12-31(13-17-33)24-29-51-40-20-21-41(51)37-9-4-3-8-36(37)40)45-25-5-26-46-43(53)48-32-14-10-30(11-15-32)23-28-50-38-18-19-39(50)35-7-2-1-6-34(35)38/h1-4,6-9,30-33,38-41H,5,10-29H2,(H,45,52)(H2,46,48,53)(H2,47,49,54). The minimum atomic E-state index is -0.179. The van der Waals surface area contributed by atoms with Gasteiger partial charge in [-0.15, -0.1) is 0 Å². The van der Waals surface area contributed by atoms with Crippen LogP contribution < -0.4 is 26.6 Å². The number of nitrogens with one attached hydrogen (secondary N) is 5. The van der Waals surface area contributed by atoms with Crippen LogP contribution in [0, 0.1) is 11.8 Å². The number of carbonyl (C=O) groups is 3. The molecule has 2 saturated heterocycles. The monoisotopic (exact) mass is 737 g/mol. The summed E-state index contributed by atoms with van der Waals surface area (Å²) >= 11 is 0. The Morgan fingerprint density at radius 3 is 1.31 bits per heavy atom. The molecule has 8 rings (SSSR count). The first-order valence-corrected chi connectivity index (χ1v) is 21.5. The first kappa shape index (κ1) is 37.3. The molecule has 6 aliphatic rings. The summed E-state index contributed by atoms with van der Waals surface area (Å²) in [5.41, 5.74) is 6.24. The third kappa shape index (κ3) is 8.60. The van der Waals surface area contributed by atoms with Crippen molar-refractivity contribution in [3.8, 4) is 0 Å². The second-order valence-corrected chi connectivity index (χ2v) is 17.2. The summed E-state index contributed by atoms with van der Waals surface area (Å²) in [6.07, 6.45) is 17.4. The smallest absolute Gasteiger partial charge is 0.315 e. The van der Waals surface area contributed by atoms with Crippen LogP contribution in [0.25, 0.3) is 0 Å². The van der Waals surface area contributed by atoms with E-state index in [4.69, 9.17) is 0 Å². The van der Waals surface area contributed by atoms with Crippen molar-refractivity contribution in [3.05, 3.63) is 70.8 Å². The van der Waals surface area contributed by atoms with Crippen LogP contribution in [0.2, 0.25) is 0 Å². The summed E-state index contributed by atoms with van der Waals surface area (Å²) in [6.45, 7) is 3.68. The van der Waals surface area contributed by atoms with Crippen molar-refractivity contribution < 1.29 is 14.4 Å². The summed E-state index contributed by atoms with van der Waals surface area (Å²) in [5, 5.41) is 15.0. The maximum Gasteiger partial charge on any atom is 0.315 e. The van der Waals surface area contributed by atoms with Crippen molar-refractivity contribution in [1.82, 2.24) is 36.4 Å². The molecule has 4 aliphatic heterocycles. The van der Waals surface area contributed by atoms with Crippen molar-refractivity contribution in [2.24, 2.45) is 11.8 Å². The van der Waals surface area contributed by atoms with Crippen molar-refractivity contribution in [1.29, 1.82) is 0 Å². The number of nitrogens with zero attached hydrogens (tertiary/aromatic N) is 2. The first-order valence-electron chi connectivity index (χ1n) is 21.5. The van der Waals surface area contributed by atoms with Crippen LogP contribution in [0.1, 0.15) is 149 Å². The van der Waals surface area contributed by atoms with E-state index >= 15 is 0 Å². The highest BCUT2D eigenvalue weighted by molar-refractivity contribution is 5.78. The van der Waals surface area contributed by atoms with E-state index in [1.807, 2.05) is 0 Å². The molecule has 4 heterocycles. The molecular weight excluding hydrogens is 675 g/mol. The van der Waals surface area contributed by atoms with E-state index in [1.165, 1.54) is 64.5 Å². The highest BCUT2D eigenvalue weighted by Crippen LogP contribution is 2.54. The maximum atomic E-state index is 12.5. The van der Waals surface area contributed by atoms with E-state index in [0.717, 1.165) is 50.4 Å². The van der Waals surface area contributed by atoms with Gasteiger partial charge in [-0.1, -0.05) is 48.5 Å². The lowest BCUT2D eigenvalue weighted by molar-refractivity contribution is -0.120. The Bertz CT molecular complexity index is 1540. The molecular formula is C44H63N7O3. The quantitative estimate of drug-likeness (QED) is 0.124. The number of hydrogen-bond acceptors (Lipinski definition) is 5. The molecule has 4 fully saturated rings. The van der Waals surface area contributed by atoms with Gasteiger partial charge in [-0.3, -0.25) is 14.6 Å². The highest BCUT2D eigenvalue weighted by atomic mass is 16.2. The highest BCUT2D eigenvalue weighted by Gasteiger charge is 2.44. The van der Waals surface area contributed by atoms with E-state index in [2.05, 4.69) is 84.9 Å². The van der Waals surface area contributed by atoms with Crippen molar-refractivity contribution in [2.45, 2.75) is 139 Å². The molecule has 10 heteroatoms. The zero-order chi connectivity index (χ0) is 36.9. The first-order chi connectivity index (χ1) is 26.5. The molecule has 0 aromatic heterocycles. The molecule has 4 atom stereocenters. The van der Waals surface area contributed by atoms with Gasteiger partial charge in [0.05, 0.1) is 0 Å². The molecule has 5 N–H and O–H groups in total. The van der Waals surface area contributed by atoms with E-state index < -0.39 is 0 Å². The second-order valence-electron chi connectivity index (χ2n) is 17.2. The van der Waals surface area contributed by atoms with Gasteiger partial charge in [0, 0.05) is 62.3 Å². The second kappa shape index (κ2) is 17.4. The SMILES string of the molecule is O=C(CCNC(=O)NC1CCC(CCN2C3CCC2c2ccccc23)CC1)NCCCNC(=O)NC1CCC(CCN2C3CCC2c2ccccc23)CC1. The number of hydrogen-bond donors (Lipinski definition) is 5. The number of rotatable bonds is 15. The Kier molecular flexibility index (Phi) is 12.1. The molecule has 2 saturated carbocycles. The lowest BCUT2D eigenvalue weighted by Gasteiger charge is -2.31. The fraction of sp³-hybridized carbons (Fsp3) is 0.659. The third-order valence-electron chi connectivity index (χ3n) is 14.0. The van der Waals surface area contributed by atoms with E-state index in [1.54, 1.807) is 22.3 Å². The molecule has 0 spiro atoms. The lowest BCUT2D eigenvalue weighted by atomic mass is 9.84. The summed E-state index contributed by atoms with van der Waals surface area (Å²) < 4.78 is 0. The van der Waals surface area contributed by atoms with E-state index in [0.29, 0.717) is 50.2 Å². The molecule has 4 bridgehead atoms. The fourth-order valence-corrected chi connectivity index (χ4v) is 11.1. The number of carbonyl (C=O) groups excluding carboxylic acids is 3. The summed E-state index contributed by atoms with van der Waals surface area (Å²) in [7, 11) is 0. The molecule has 2 aromatic rings. The van der Waals surface area contributed by atoms with Crippen molar-refractivity contribution >= 4 is 18.0 Å². The zero-order valence-corrected chi connectivity index (χ0v) is 32.2. The number of urea groups is 2. The Balaban J connectivity index is 0.610. The Morgan fingerprint density at radius 2 is 0.889 bits per heavy atom. The average molecular weight is 738 g/mol. The van der Waals surface area contributed by atoms with E-state index in [9.17, 15) is 14.4 Å². The number of amides is 5. The normalized spacial score (nSPS) is 29.7. The summed E-state index contributed by atoms with van der Waals surface area (Å²) in [6, 6.07) is 20.7. The molecule has 2 aromatic carbocycles. The summed E-state index contributed by atoms with van der Waals surface area (Å²) in [5.74, 6) is 1.39. The molecule has 0 radical (unpaired) electrons. The molecule has 10 nitrogen and oxygen atoms in total. The van der Waals surface area contributed by atoms with Gasteiger partial charge in [0.1, 0.15) is 0 Å². The Labute approximate surface area is 322 Å². The molecule has 4 unspecified atom stereocenters. The van der Waals surface area contributed by atoms with Gasteiger partial charge < -0.3 is 26.6 Å². The molecule has 292 valence electrons. The largest absolute Gasteiger partial charge is 0.356 e. The maximum absolute atomic E-state index is 12.5. The third-order valence-corrected chi connectivity index (χ3v) is 14.0. The summed E-state index contributed by atoms with van der Waals surface area (Å²) in [4.78, 5) is 42.9. The Hall–Kier alpha value is -3.63. The Morgan fingerprint density at radius 1 is 0.500 bits per heavy atom. The van der Waals surface area contributed by atoms with Gasteiger partial charge >= 0.3 is 12.1 Å².